The van der Waals surface area contributed by atoms with E-state index in [0.717, 1.165) is 27.1 Å². The maximum Gasteiger partial charge on any atom is 0.257 e. The van der Waals surface area contributed by atoms with Gasteiger partial charge in [0.25, 0.3) is 11.8 Å². The van der Waals surface area contributed by atoms with Gasteiger partial charge in [-0.1, -0.05) is 24.3 Å². The third-order valence-corrected chi connectivity index (χ3v) is 3.96. The maximum absolute atomic E-state index is 12.4. The van der Waals surface area contributed by atoms with Gasteiger partial charge in [0.15, 0.2) is 0 Å². The summed E-state index contributed by atoms with van der Waals surface area (Å²) in [4.78, 5) is 35.3. The van der Waals surface area contributed by atoms with Gasteiger partial charge < -0.3 is 4.74 Å². The third kappa shape index (κ3) is 2.75. The van der Waals surface area contributed by atoms with Crippen LogP contribution < -0.4 is 10.2 Å². The lowest BCUT2D eigenvalue weighted by Crippen LogP contribution is -2.43. The number of carbonyl (C=O) groups is 3. The van der Waals surface area contributed by atoms with E-state index in [1.165, 1.54) is 0 Å². The molecule has 3 amide bonds. The molecule has 1 aliphatic rings. The SMILES string of the molecule is COc1ccc2cc(C(C)C(=O)N3NC(=O)CC3=O)ccc2c1. The lowest BCUT2D eigenvalue weighted by atomic mass is 9.97. The molecule has 1 atom stereocenters. The van der Waals surface area contributed by atoms with E-state index in [0.29, 0.717) is 0 Å². The van der Waals surface area contributed by atoms with Crippen LogP contribution in [0.2, 0.25) is 0 Å². The van der Waals surface area contributed by atoms with Crippen molar-refractivity contribution in [1.82, 2.24) is 10.4 Å². The van der Waals surface area contributed by atoms with Gasteiger partial charge in [0.2, 0.25) is 5.91 Å². The van der Waals surface area contributed by atoms with Crippen LogP contribution in [0.1, 0.15) is 24.8 Å². The fourth-order valence-electron chi connectivity index (χ4n) is 2.60. The first kappa shape index (κ1) is 15.0. The summed E-state index contributed by atoms with van der Waals surface area (Å²) in [6, 6.07) is 11.3. The molecular weight excluding hydrogens is 296 g/mol. The molecule has 1 heterocycles. The molecule has 0 aromatic heterocycles. The lowest BCUT2D eigenvalue weighted by Gasteiger charge is -2.19. The first-order valence-electron chi connectivity index (χ1n) is 7.23. The molecule has 1 saturated heterocycles. The van der Waals surface area contributed by atoms with Crippen molar-refractivity contribution in [1.29, 1.82) is 0 Å². The summed E-state index contributed by atoms with van der Waals surface area (Å²) in [5.41, 5.74) is 3.06. The smallest absolute Gasteiger partial charge is 0.257 e. The largest absolute Gasteiger partial charge is 0.497 e. The van der Waals surface area contributed by atoms with Crippen LogP contribution in [0.3, 0.4) is 0 Å². The van der Waals surface area contributed by atoms with Crippen molar-refractivity contribution in [2.24, 2.45) is 0 Å². The number of hydrogen-bond donors (Lipinski definition) is 1. The van der Waals surface area contributed by atoms with Crippen LogP contribution in [0, 0.1) is 0 Å². The molecule has 0 spiro atoms. The summed E-state index contributed by atoms with van der Waals surface area (Å²) in [6.07, 6.45) is -0.282. The highest BCUT2D eigenvalue weighted by molar-refractivity contribution is 6.10. The fourth-order valence-corrected chi connectivity index (χ4v) is 2.60. The van der Waals surface area contributed by atoms with Crippen LogP contribution in [0.25, 0.3) is 10.8 Å². The molecule has 0 bridgehead atoms. The van der Waals surface area contributed by atoms with E-state index >= 15 is 0 Å². The van der Waals surface area contributed by atoms with Gasteiger partial charge in [-0.25, -0.2) is 0 Å². The molecule has 3 rings (SSSR count). The number of fused-ring (bicyclic) bond motifs is 1. The van der Waals surface area contributed by atoms with Crippen LogP contribution in [0.4, 0.5) is 0 Å². The first-order chi connectivity index (χ1) is 11.0. The zero-order chi connectivity index (χ0) is 16.6. The molecule has 2 aromatic rings. The molecule has 0 radical (unpaired) electrons. The van der Waals surface area contributed by atoms with Crippen molar-refractivity contribution in [3.63, 3.8) is 0 Å². The predicted molar refractivity (Wildman–Crippen MR) is 83.5 cm³/mol. The predicted octanol–water partition coefficient (Wildman–Crippen LogP) is 1.74. The Morgan fingerprint density at radius 1 is 1.17 bits per heavy atom. The van der Waals surface area contributed by atoms with Crippen molar-refractivity contribution >= 4 is 28.5 Å². The number of nitrogens with one attached hydrogen (secondary N) is 1. The Hall–Kier alpha value is -2.89. The number of ether oxygens (including phenoxy) is 1. The van der Waals surface area contributed by atoms with Gasteiger partial charge in [0, 0.05) is 0 Å². The Bertz CT molecular complexity index is 815. The quantitative estimate of drug-likeness (QED) is 0.876. The van der Waals surface area contributed by atoms with E-state index in [4.69, 9.17) is 4.74 Å². The Balaban J connectivity index is 1.88. The molecule has 118 valence electrons. The van der Waals surface area contributed by atoms with Gasteiger partial charge in [-0.05, 0) is 35.4 Å². The second-order valence-electron chi connectivity index (χ2n) is 5.47. The zero-order valence-corrected chi connectivity index (χ0v) is 12.8. The van der Waals surface area contributed by atoms with Crippen LogP contribution >= 0.6 is 0 Å². The number of methoxy groups -OCH3 is 1. The summed E-state index contributed by atoms with van der Waals surface area (Å²) in [5, 5.41) is 2.78. The molecule has 23 heavy (non-hydrogen) atoms. The van der Waals surface area contributed by atoms with E-state index in [-0.39, 0.29) is 6.42 Å². The fraction of sp³-hybridized carbons (Fsp3) is 0.235. The zero-order valence-electron chi connectivity index (χ0n) is 12.8. The minimum atomic E-state index is -0.538. The number of rotatable bonds is 3. The molecule has 1 aliphatic heterocycles. The van der Waals surface area contributed by atoms with E-state index in [1.807, 2.05) is 36.4 Å². The number of benzene rings is 2. The Labute approximate surface area is 133 Å². The van der Waals surface area contributed by atoms with Gasteiger partial charge in [0.1, 0.15) is 12.2 Å². The van der Waals surface area contributed by atoms with Crippen molar-refractivity contribution in [3.8, 4) is 5.75 Å². The molecule has 0 aliphatic carbocycles. The first-order valence-corrected chi connectivity index (χ1v) is 7.23. The van der Waals surface area contributed by atoms with Crippen molar-refractivity contribution in [2.45, 2.75) is 19.3 Å². The molecular formula is C17H16N2O4. The molecule has 6 heteroatoms. The van der Waals surface area contributed by atoms with Gasteiger partial charge >= 0.3 is 0 Å². The van der Waals surface area contributed by atoms with Gasteiger partial charge in [0.05, 0.1) is 13.0 Å². The van der Waals surface area contributed by atoms with Gasteiger partial charge in [-0.3, -0.25) is 19.8 Å². The molecule has 1 N–H and O–H groups in total. The lowest BCUT2D eigenvalue weighted by molar-refractivity contribution is -0.146. The van der Waals surface area contributed by atoms with E-state index in [9.17, 15) is 14.4 Å². The number of nitrogens with zero attached hydrogens (tertiary/aromatic N) is 1. The highest BCUT2D eigenvalue weighted by Gasteiger charge is 2.34. The summed E-state index contributed by atoms with van der Waals surface area (Å²) in [7, 11) is 1.61. The van der Waals surface area contributed by atoms with Crippen LogP contribution in [-0.2, 0) is 14.4 Å². The van der Waals surface area contributed by atoms with E-state index in [2.05, 4.69) is 5.43 Å². The van der Waals surface area contributed by atoms with E-state index in [1.54, 1.807) is 14.0 Å². The highest BCUT2D eigenvalue weighted by atomic mass is 16.5. The topological polar surface area (TPSA) is 75.7 Å². The van der Waals surface area contributed by atoms with Crippen molar-refractivity contribution < 1.29 is 19.1 Å². The third-order valence-electron chi connectivity index (χ3n) is 3.96. The van der Waals surface area contributed by atoms with Gasteiger partial charge in [-0.2, -0.15) is 5.01 Å². The second-order valence-corrected chi connectivity index (χ2v) is 5.47. The summed E-state index contributed by atoms with van der Waals surface area (Å²) < 4.78 is 5.19. The van der Waals surface area contributed by atoms with Crippen LogP contribution in [0.5, 0.6) is 5.75 Å². The Morgan fingerprint density at radius 2 is 1.87 bits per heavy atom. The monoisotopic (exact) mass is 312 g/mol. The van der Waals surface area contributed by atoms with Crippen molar-refractivity contribution in [3.05, 3.63) is 42.0 Å². The number of carbonyl (C=O) groups excluding carboxylic acids is 3. The Morgan fingerprint density at radius 3 is 2.52 bits per heavy atom. The molecule has 1 fully saturated rings. The standard InChI is InChI=1S/C17H16N2O4/c1-10(17(22)19-16(21)9-15(20)18-19)11-3-4-13-8-14(23-2)6-5-12(13)7-11/h3-8,10H,9H2,1-2H3,(H,18,20). The average molecular weight is 312 g/mol. The van der Waals surface area contributed by atoms with Crippen LogP contribution in [0.15, 0.2) is 36.4 Å². The van der Waals surface area contributed by atoms with Crippen LogP contribution in [-0.4, -0.2) is 29.8 Å². The summed E-state index contributed by atoms with van der Waals surface area (Å²) in [6.45, 7) is 1.71. The normalized spacial score (nSPS) is 15.7. The molecule has 6 nitrogen and oxygen atoms in total. The summed E-state index contributed by atoms with van der Waals surface area (Å²) >= 11 is 0. The molecule has 2 aromatic carbocycles. The number of imide groups is 1. The number of hydrogen-bond acceptors (Lipinski definition) is 4. The number of amides is 3. The maximum atomic E-state index is 12.4. The molecule has 1 unspecified atom stereocenters. The number of hydrazine groups is 1. The molecule has 0 saturated carbocycles. The highest BCUT2D eigenvalue weighted by Crippen LogP contribution is 2.26. The van der Waals surface area contributed by atoms with E-state index < -0.39 is 23.6 Å². The minimum absolute atomic E-state index is 0.282. The Kier molecular flexibility index (Phi) is 3.73. The minimum Gasteiger partial charge on any atom is -0.497 e. The second kappa shape index (κ2) is 5.72. The van der Waals surface area contributed by atoms with Gasteiger partial charge in [-0.15, -0.1) is 0 Å². The average Bonchev–Trinajstić information content (AvgIpc) is 2.90. The summed E-state index contributed by atoms with van der Waals surface area (Å²) in [5.74, 6) is -1.18. The van der Waals surface area contributed by atoms with Crippen molar-refractivity contribution in [2.75, 3.05) is 7.11 Å².